The predicted octanol–water partition coefficient (Wildman–Crippen LogP) is 3.54. The van der Waals surface area contributed by atoms with E-state index in [-0.39, 0.29) is 16.3 Å². The lowest BCUT2D eigenvalue weighted by atomic mass is 10.0. The van der Waals surface area contributed by atoms with Gasteiger partial charge in [-0.3, -0.25) is 4.79 Å². The minimum atomic E-state index is -3.99. The van der Waals surface area contributed by atoms with E-state index in [0.29, 0.717) is 12.4 Å². The van der Waals surface area contributed by atoms with Crippen LogP contribution in [0.15, 0.2) is 53.4 Å². The number of nitrogens with one attached hydrogen (secondary N) is 2. The molecule has 2 rings (SSSR count). The van der Waals surface area contributed by atoms with Crippen molar-refractivity contribution in [2.24, 2.45) is 0 Å². The van der Waals surface area contributed by atoms with Crippen molar-refractivity contribution in [3.63, 3.8) is 0 Å². The molecule has 0 aliphatic carbocycles. The van der Waals surface area contributed by atoms with Gasteiger partial charge in [-0.15, -0.1) is 0 Å². The average molecular weight is 439 g/mol. The fourth-order valence-electron chi connectivity index (χ4n) is 2.67. The van der Waals surface area contributed by atoms with Gasteiger partial charge in [0.15, 0.2) is 0 Å². The molecular weight excluding hydrogens is 412 g/mol. The van der Waals surface area contributed by atoms with E-state index in [4.69, 9.17) is 16.3 Å². The van der Waals surface area contributed by atoms with Crippen molar-refractivity contribution in [3.8, 4) is 5.75 Å². The molecule has 29 heavy (non-hydrogen) atoms. The summed E-state index contributed by atoms with van der Waals surface area (Å²) < 4.78 is 33.7. The highest BCUT2D eigenvalue weighted by Gasteiger charge is 2.28. The number of sulfonamides is 1. The molecule has 0 radical (unpaired) electrons. The molecular formula is C21H27ClN2O4S. The summed E-state index contributed by atoms with van der Waals surface area (Å²) >= 11 is 6.13. The van der Waals surface area contributed by atoms with Gasteiger partial charge < -0.3 is 10.1 Å². The third-order valence-corrected chi connectivity index (χ3v) is 5.67. The molecule has 0 bridgehead atoms. The third kappa shape index (κ3) is 7.03. The molecule has 6 nitrogen and oxygen atoms in total. The molecule has 0 unspecified atom stereocenters. The molecule has 0 heterocycles. The van der Waals surface area contributed by atoms with Crippen LogP contribution < -0.4 is 14.8 Å². The Bertz CT molecular complexity index is 941. The second-order valence-corrected chi connectivity index (χ2v) is 9.75. The molecule has 0 saturated heterocycles. The standard InChI is InChI=1S/C21H27ClN2O4S/c1-5-28-19-12-11-16(14-17(19)22)29(26,27)24-18(20(25)23-21(2,3)4)13-15-9-7-6-8-10-15/h6-12,14,18,24H,5,13H2,1-4H3,(H,23,25)/t18-/m0/s1. The van der Waals surface area contributed by atoms with Crippen LogP contribution in [-0.4, -0.2) is 32.5 Å². The van der Waals surface area contributed by atoms with E-state index in [9.17, 15) is 13.2 Å². The van der Waals surface area contributed by atoms with Gasteiger partial charge in [-0.05, 0) is 57.9 Å². The molecule has 2 aromatic rings. The Morgan fingerprint density at radius 2 is 1.79 bits per heavy atom. The number of hydrogen-bond donors (Lipinski definition) is 2. The molecule has 1 atom stereocenters. The minimum Gasteiger partial charge on any atom is -0.492 e. The van der Waals surface area contributed by atoms with Crippen LogP contribution in [0, 0.1) is 0 Å². The van der Waals surface area contributed by atoms with Crippen LogP contribution in [0.2, 0.25) is 5.02 Å². The molecule has 158 valence electrons. The number of carbonyl (C=O) groups is 1. The van der Waals surface area contributed by atoms with Crippen LogP contribution in [-0.2, 0) is 21.2 Å². The maximum absolute atomic E-state index is 12.9. The van der Waals surface area contributed by atoms with Crippen molar-refractivity contribution in [2.75, 3.05) is 6.61 Å². The number of amides is 1. The highest BCUT2D eigenvalue weighted by atomic mass is 35.5. The van der Waals surface area contributed by atoms with Crippen LogP contribution in [0.4, 0.5) is 0 Å². The van der Waals surface area contributed by atoms with Crippen LogP contribution >= 0.6 is 11.6 Å². The fourth-order valence-corrected chi connectivity index (χ4v) is 4.19. The van der Waals surface area contributed by atoms with E-state index in [1.165, 1.54) is 18.2 Å². The number of carbonyl (C=O) groups excluding carboxylic acids is 1. The Morgan fingerprint density at radius 3 is 2.34 bits per heavy atom. The highest BCUT2D eigenvalue weighted by Crippen LogP contribution is 2.27. The monoisotopic (exact) mass is 438 g/mol. The molecule has 0 aliphatic heterocycles. The number of hydrogen-bond acceptors (Lipinski definition) is 4. The lowest BCUT2D eigenvalue weighted by molar-refractivity contribution is -0.124. The average Bonchev–Trinajstić information content (AvgIpc) is 2.62. The summed E-state index contributed by atoms with van der Waals surface area (Å²) in [6, 6.07) is 12.5. The van der Waals surface area contributed by atoms with Crippen molar-refractivity contribution >= 4 is 27.5 Å². The Morgan fingerprint density at radius 1 is 1.14 bits per heavy atom. The highest BCUT2D eigenvalue weighted by molar-refractivity contribution is 7.89. The predicted molar refractivity (Wildman–Crippen MR) is 115 cm³/mol. The van der Waals surface area contributed by atoms with Crippen molar-refractivity contribution < 1.29 is 17.9 Å². The molecule has 0 saturated carbocycles. The number of rotatable bonds is 8. The van der Waals surface area contributed by atoms with Gasteiger partial charge in [0.05, 0.1) is 16.5 Å². The first kappa shape index (κ1) is 23.2. The first-order chi connectivity index (χ1) is 13.5. The SMILES string of the molecule is CCOc1ccc(S(=O)(=O)N[C@@H](Cc2ccccc2)C(=O)NC(C)(C)C)cc1Cl. The smallest absolute Gasteiger partial charge is 0.241 e. The molecule has 1 amide bonds. The fraction of sp³-hybridized carbons (Fsp3) is 0.381. The Kier molecular flexibility index (Phi) is 7.68. The molecule has 2 N–H and O–H groups in total. The van der Waals surface area contributed by atoms with E-state index in [1.807, 2.05) is 58.0 Å². The van der Waals surface area contributed by atoms with Gasteiger partial charge in [0.25, 0.3) is 0 Å². The van der Waals surface area contributed by atoms with Crippen molar-refractivity contribution in [2.45, 2.75) is 50.6 Å². The summed E-state index contributed by atoms with van der Waals surface area (Å²) in [4.78, 5) is 12.8. The van der Waals surface area contributed by atoms with E-state index in [2.05, 4.69) is 10.0 Å². The molecule has 8 heteroatoms. The molecule has 0 aromatic heterocycles. The van der Waals surface area contributed by atoms with Gasteiger partial charge in [0, 0.05) is 5.54 Å². The lowest BCUT2D eigenvalue weighted by Crippen LogP contribution is -2.52. The van der Waals surface area contributed by atoms with Crippen molar-refractivity contribution in [1.82, 2.24) is 10.0 Å². The van der Waals surface area contributed by atoms with Crippen molar-refractivity contribution in [3.05, 3.63) is 59.1 Å². The zero-order valence-corrected chi connectivity index (χ0v) is 18.6. The molecule has 0 fully saturated rings. The van der Waals surface area contributed by atoms with Crippen molar-refractivity contribution in [1.29, 1.82) is 0 Å². The van der Waals surface area contributed by atoms with Gasteiger partial charge in [-0.1, -0.05) is 41.9 Å². The number of ether oxygens (including phenoxy) is 1. The maximum atomic E-state index is 12.9. The Balaban J connectivity index is 2.30. The second kappa shape index (κ2) is 9.61. The van der Waals surface area contributed by atoms with Crippen LogP contribution in [0.1, 0.15) is 33.3 Å². The summed E-state index contributed by atoms with van der Waals surface area (Å²) in [5.74, 6) is 0.00129. The summed E-state index contributed by atoms with van der Waals surface area (Å²) in [6.07, 6.45) is 0.215. The second-order valence-electron chi connectivity index (χ2n) is 7.63. The van der Waals surface area contributed by atoms with Gasteiger partial charge in [0.2, 0.25) is 15.9 Å². The summed E-state index contributed by atoms with van der Waals surface area (Å²) in [7, 11) is -3.99. The van der Waals surface area contributed by atoms with E-state index in [1.54, 1.807) is 0 Å². The summed E-state index contributed by atoms with van der Waals surface area (Å²) in [6.45, 7) is 7.74. The zero-order chi connectivity index (χ0) is 21.7. The van der Waals surface area contributed by atoms with E-state index >= 15 is 0 Å². The zero-order valence-electron chi connectivity index (χ0n) is 17.0. The third-order valence-electron chi connectivity index (χ3n) is 3.91. The number of benzene rings is 2. The number of halogens is 1. The Hall–Kier alpha value is -2.09. The topological polar surface area (TPSA) is 84.5 Å². The quantitative estimate of drug-likeness (QED) is 0.660. The molecule has 0 spiro atoms. The van der Waals surface area contributed by atoms with Gasteiger partial charge in [-0.2, -0.15) is 4.72 Å². The first-order valence-electron chi connectivity index (χ1n) is 9.32. The normalized spacial score (nSPS) is 13.0. The minimum absolute atomic E-state index is 0.0347. The van der Waals surface area contributed by atoms with Gasteiger partial charge >= 0.3 is 0 Å². The molecule has 0 aliphatic rings. The molecule has 2 aromatic carbocycles. The van der Waals surface area contributed by atoms with E-state index < -0.39 is 27.5 Å². The summed E-state index contributed by atoms with van der Waals surface area (Å²) in [5, 5.41) is 3.03. The van der Waals surface area contributed by atoms with Crippen LogP contribution in [0.5, 0.6) is 5.75 Å². The van der Waals surface area contributed by atoms with E-state index in [0.717, 1.165) is 5.56 Å². The lowest BCUT2D eigenvalue weighted by Gasteiger charge is -2.25. The van der Waals surface area contributed by atoms with Crippen LogP contribution in [0.25, 0.3) is 0 Å². The van der Waals surface area contributed by atoms with Gasteiger partial charge in [0.1, 0.15) is 11.8 Å². The maximum Gasteiger partial charge on any atom is 0.241 e. The first-order valence-corrected chi connectivity index (χ1v) is 11.2. The van der Waals surface area contributed by atoms with Gasteiger partial charge in [-0.25, -0.2) is 8.42 Å². The van der Waals surface area contributed by atoms with Crippen LogP contribution in [0.3, 0.4) is 0 Å². The largest absolute Gasteiger partial charge is 0.492 e. The Labute approximate surface area is 177 Å². The summed E-state index contributed by atoms with van der Waals surface area (Å²) in [5.41, 5.74) is 0.342.